The number of amides is 1. The predicted molar refractivity (Wildman–Crippen MR) is 138 cm³/mol. The number of aromatic nitrogens is 1. The molecule has 0 aliphatic rings. The van der Waals surface area contributed by atoms with E-state index in [0.29, 0.717) is 18.0 Å². The molecule has 0 aliphatic carbocycles. The summed E-state index contributed by atoms with van der Waals surface area (Å²) >= 11 is 0. The van der Waals surface area contributed by atoms with E-state index in [1.807, 2.05) is 73.6 Å². The Balaban J connectivity index is 0.000000638. The van der Waals surface area contributed by atoms with Crippen LogP contribution in [0.3, 0.4) is 0 Å². The smallest absolute Gasteiger partial charge is 0.490 e. The fourth-order valence-corrected chi connectivity index (χ4v) is 2.92. The minimum atomic E-state index is -5.08. The SMILES string of the molecule is COc1cccc(NCC(=O)Nc2ccc(-c3ccncc3)cc2OCCN(C)C)c1.O=C(O)C(F)(F)F. The van der Waals surface area contributed by atoms with Gasteiger partial charge in [-0.1, -0.05) is 12.1 Å². The summed E-state index contributed by atoms with van der Waals surface area (Å²) in [6.45, 7) is 1.40. The summed E-state index contributed by atoms with van der Waals surface area (Å²) in [7, 11) is 5.59. The van der Waals surface area contributed by atoms with Gasteiger partial charge in [0.25, 0.3) is 0 Å². The minimum absolute atomic E-state index is 0.121. The zero-order valence-electron chi connectivity index (χ0n) is 21.1. The molecule has 38 heavy (non-hydrogen) atoms. The zero-order valence-corrected chi connectivity index (χ0v) is 21.1. The van der Waals surface area contributed by atoms with E-state index >= 15 is 0 Å². The largest absolute Gasteiger partial charge is 0.497 e. The summed E-state index contributed by atoms with van der Waals surface area (Å²) in [4.78, 5) is 27.6. The van der Waals surface area contributed by atoms with Crippen LogP contribution in [-0.4, -0.2) is 73.9 Å². The monoisotopic (exact) mass is 534 g/mol. The second-order valence-electron chi connectivity index (χ2n) is 8.04. The van der Waals surface area contributed by atoms with Crippen molar-refractivity contribution in [1.29, 1.82) is 0 Å². The molecule has 3 aromatic rings. The highest BCUT2D eigenvalue weighted by Crippen LogP contribution is 2.31. The van der Waals surface area contributed by atoms with Crippen molar-refractivity contribution in [3.8, 4) is 22.6 Å². The average molecular weight is 535 g/mol. The van der Waals surface area contributed by atoms with Crippen molar-refractivity contribution in [1.82, 2.24) is 9.88 Å². The van der Waals surface area contributed by atoms with Gasteiger partial charge in [-0.3, -0.25) is 9.78 Å². The Morgan fingerprint density at radius 2 is 1.71 bits per heavy atom. The van der Waals surface area contributed by atoms with Gasteiger partial charge < -0.3 is 30.1 Å². The Kier molecular flexibility index (Phi) is 11.4. The highest BCUT2D eigenvalue weighted by atomic mass is 19.4. The third-order valence-electron chi connectivity index (χ3n) is 4.83. The summed E-state index contributed by atoms with van der Waals surface area (Å²) in [6, 6.07) is 17.1. The fourth-order valence-electron chi connectivity index (χ4n) is 2.92. The number of hydrogen-bond acceptors (Lipinski definition) is 7. The number of carboxylic acid groups (broad SMARTS) is 1. The Morgan fingerprint density at radius 1 is 1.03 bits per heavy atom. The molecule has 1 amide bonds. The number of pyridine rings is 1. The molecule has 0 radical (unpaired) electrons. The van der Waals surface area contributed by atoms with Gasteiger partial charge in [0.15, 0.2) is 0 Å². The second kappa shape index (κ2) is 14.4. The van der Waals surface area contributed by atoms with Gasteiger partial charge >= 0.3 is 12.1 Å². The Bertz CT molecular complexity index is 1190. The number of carbonyl (C=O) groups is 2. The van der Waals surface area contributed by atoms with E-state index in [0.717, 1.165) is 29.1 Å². The van der Waals surface area contributed by atoms with E-state index in [9.17, 15) is 18.0 Å². The van der Waals surface area contributed by atoms with Gasteiger partial charge in [-0.25, -0.2) is 4.79 Å². The van der Waals surface area contributed by atoms with Gasteiger partial charge in [0, 0.05) is 30.7 Å². The number of carboxylic acids is 1. The standard InChI is InChI=1S/C24H28N4O3.C2HF3O2/c1-28(2)13-14-31-23-15-19(18-9-11-25-12-10-18)7-8-22(23)27-24(29)17-26-20-5-4-6-21(16-20)30-3;3-2(4,5)1(6)7/h4-12,15-16,26H,13-14,17H2,1-3H3,(H,27,29);(H,6,7). The molecule has 12 heteroatoms. The first-order valence-corrected chi connectivity index (χ1v) is 11.3. The summed E-state index contributed by atoms with van der Waals surface area (Å²) in [5, 5.41) is 13.2. The maximum Gasteiger partial charge on any atom is 0.490 e. The average Bonchev–Trinajstić information content (AvgIpc) is 2.88. The molecular formula is C26H29F3N4O5. The fraction of sp³-hybridized carbons (Fsp3) is 0.269. The molecule has 0 bridgehead atoms. The van der Waals surface area contributed by atoms with Gasteiger partial charge in [-0.05, 0) is 61.6 Å². The van der Waals surface area contributed by atoms with Crippen LogP contribution in [0.25, 0.3) is 11.1 Å². The van der Waals surface area contributed by atoms with Crippen LogP contribution in [0.2, 0.25) is 0 Å². The lowest BCUT2D eigenvalue weighted by molar-refractivity contribution is -0.192. The molecule has 0 fully saturated rings. The Labute approximate surface area is 218 Å². The molecule has 204 valence electrons. The lowest BCUT2D eigenvalue weighted by atomic mass is 10.1. The van der Waals surface area contributed by atoms with Crippen molar-refractivity contribution in [2.45, 2.75) is 6.18 Å². The van der Waals surface area contributed by atoms with Gasteiger partial charge in [0.2, 0.25) is 5.91 Å². The number of nitrogens with zero attached hydrogens (tertiary/aromatic N) is 2. The number of methoxy groups -OCH3 is 1. The molecule has 3 rings (SSSR count). The molecule has 0 aliphatic heterocycles. The Hall–Kier alpha value is -4.32. The number of benzene rings is 2. The van der Waals surface area contributed by atoms with Gasteiger partial charge in [0.05, 0.1) is 19.3 Å². The van der Waals surface area contributed by atoms with E-state index < -0.39 is 12.1 Å². The van der Waals surface area contributed by atoms with Crippen LogP contribution in [0.4, 0.5) is 24.5 Å². The molecule has 0 saturated carbocycles. The van der Waals surface area contributed by atoms with Crippen LogP contribution in [0.15, 0.2) is 67.0 Å². The van der Waals surface area contributed by atoms with Crippen molar-refractivity contribution in [2.24, 2.45) is 0 Å². The van der Waals surface area contributed by atoms with E-state index in [4.69, 9.17) is 19.4 Å². The number of hydrogen-bond donors (Lipinski definition) is 3. The number of likely N-dealkylation sites (N-methyl/N-ethyl adjacent to an activating group) is 1. The van der Waals surface area contributed by atoms with Crippen molar-refractivity contribution < 1.29 is 37.3 Å². The topological polar surface area (TPSA) is 113 Å². The number of aliphatic carboxylic acids is 1. The van der Waals surface area contributed by atoms with Crippen molar-refractivity contribution >= 4 is 23.3 Å². The van der Waals surface area contributed by atoms with Crippen LogP contribution < -0.4 is 20.1 Å². The van der Waals surface area contributed by atoms with Crippen LogP contribution in [0.1, 0.15) is 0 Å². The highest BCUT2D eigenvalue weighted by molar-refractivity contribution is 5.95. The van der Waals surface area contributed by atoms with Crippen molar-refractivity contribution in [2.75, 3.05) is 51.5 Å². The summed E-state index contributed by atoms with van der Waals surface area (Å²) in [5.74, 6) is -1.57. The molecular weight excluding hydrogens is 505 g/mol. The van der Waals surface area contributed by atoms with Crippen LogP contribution in [0, 0.1) is 0 Å². The van der Waals surface area contributed by atoms with Gasteiger partial charge in [0.1, 0.15) is 18.1 Å². The lowest BCUT2D eigenvalue weighted by Crippen LogP contribution is -2.23. The lowest BCUT2D eigenvalue weighted by Gasteiger charge is -2.16. The maximum atomic E-state index is 12.6. The number of rotatable bonds is 10. The van der Waals surface area contributed by atoms with E-state index in [1.54, 1.807) is 19.5 Å². The third kappa shape index (κ3) is 10.3. The highest BCUT2D eigenvalue weighted by Gasteiger charge is 2.38. The molecule has 1 aromatic heterocycles. The molecule has 0 spiro atoms. The molecule has 0 atom stereocenters. The molecule has 1 heterocycles. The number of halogens is 3. The first-order valence-electron chi connectivity index (χ1n) is 11.3. The maximum absolute atomic E-state index is 12.6. The minimum Gasteiger partial charge on any atom is -0.497 e. The predicted octanol–water partition coefficient (Wildman–Crippen LogP) is 4.38. The van der Waals surface area contributed by atoms with E-state index in [-0.39, 0.29) is 12.5 Å². The first-order chi connectivity index (χ1) is 18.0. The molecule has 3 N–H and O–H groups in total. The summed E-state index contributed by atoms with van der Waals surface area (Å²) in [5.41, 5.74) is 3.47. The second-order valence-corrected chi connectivity index (χ2v) is 8.04. The van der Waals surface area contributed by atoms with Crippen LogP contribution in [-0.2, 0) is 9.59 Å². The molecule has 0 unspecified atom stereocenters. The number of nitrogens with one attached hydrogen (secondary N) is 2. The number of alkyl halides is 3. The third-order valence-corrected chi connectivity index (χ3v) is 4.83. The molecule has 9 nitrogen and oxygen atoms in total. The first kappa shape index (κ1) is 29.9. The molecule has 2 aromatic carbocycles. The summed E-state index contributed by atoms with van der Waals surface area (Å²) < 4.78 is 42.9. The number of anilines is 2. The zero-order chi connectivity index (χ0) is 28.1. The van der Waals surface area contributed by atoms with Crippen LogP contribution >= 0.6 is 0 Å². The summed E-state index contributed by atoms with van der Waals surface area (Å²) in [6.07, 6.45) is -1.58. The van der Waals surface area contributed by atoms with Crippen molar-refractivity contribution in [3.63, 3.8) is 0 Å². The number of ether oxygens (including phenoxy) is 2. The quantitative estimate of drug-likeness (QED) is 0.351. The normalized spacial score (nSPS) is 10.7. The van der Waals surface area contributed by atoms with Gasteiger partial charge in [-0.2, -0.15) is 13.2 Å². The van der Waals surface area contributed by atoms with E-state index in [1.165, 1.54) is 0 Å². The molecule has 0 saturated heterocycles. The van der Waals surface area contributed by atoms with Crippen LogP contribution in [0.5, 0.6) is 11.5 Å². The van der Waals surface area contributed by atoms with E-state index in [2.05, 4.69) is 15.6 Å². The van der Waals surface area contributed by atoms with Gasteiger partial charge in [-0.15, -0.1) is 0 Å². The van der Waals surface area contributed by atoms with Crippen molar-refractivity contribution in [3.05, 3.63) is 67.0 Å². The number of carbonyl (C=O) groups excluding carboxylic acids is 1. The Morgan fingerprint density at radius 3 is 2.32 bits per heavy atom.